The Morgan fingerprint density at radius 2 is 2.00 bits per heavy atom. The van der Waals surface area contributed by atoms with Crippen LogP contribution < -0.4 is 5.14 Å². The topological polar surface area (TPSA) is 79.2 Å². The molecule has 3 N–H and O–H groups in total. The van der Waals surface area contributed by atoms with E-state index in [1.807, 2.05) is 18.2 Å². The van der Waals surface area contributed by atoms with Crippen LogP contribution in [0.5, 0.6) is 0 Å². The van der Waals surface area contributed by atoms with E-state index in [2.05, 4.69) is 23.1 Å². The van der Waals surface area contributed by atoms with Crippen molar-refractivity contribution in [3.63, 3.8) is 0 Å². The largest absolute Gasteiger partial charge is 0.361 e. The zero-order valence-electron chi connectivity index (χ0n) is 12.6. The van der Waals surface area contributed by atoms with Gasteiger partial charge in [0.05, 0.1) is 5.75 Å². The molecule has 0 bridgehead atoms. The molecule has 0 aliphatic carbocycles. The standard InChI is InChI=1S/C15H21N3O2S.ClH/c1-18-6-4-12(5-7-18)14-9-17-15-3-2-11(8-13(14)15)10-21(16,19)20;/h2-3,8-9,12,17H,4-7,10H2,1H3,(H2,16,19,20);1H. The van der Waals surface area contributed by atoms with Crippen LogP contribution in [0.25, 0.3) is 10.9 Å². The van der Waals surface area contributed by atoms with Gasteiger partial charge in [-0.25, -0.2) is 13.6 Å². The molecule has 0 unspecified atom stereocenters. The van der Waals surface area contributed by atoms with Gasteiger partial charge in [0, 0.05) is 17.1 Å². The van der Waals surface area contributed by atoms with Crippen molar-refractivity contribution in [2.45, 2.75) is 24.5 Å². The first-order valence-electron chi connectivity index (χ1n) is 7.21. The third-order valence-electron chi connectivity index (χ3n) is 4.30. The highest BCUT2D eigenvalue weighted by atomic mass is 35.5. The number of fused-ring (bicyclic) bond motifs is 1. The molecule has 22 heavy (non-hydrogen) atoms. The second-order valence-electron chi connectivity index (χ2n) is 6.01. The average molecular weight is 344 g/mol. The number of nitrogens with zero attached hydrogens (tertiary/aromatic N) is 1. The maximum absolute atomic E-state index is 11.3. The van der Waals surface area contributed by atoms with E-state index >= 15 is 0 Å². The zero-order valence-corrected chi connectivity index (χ0v) is 14.2. The first-order valence-corrected chi connectivity index (χ1v) is 8.93. The van der Waals surface area contributed by atoms with Gasteiger partial charge in [-0.3, -0.25) is 0 Å². The zero-order chi connectivity index (χ0) is 15.0. The van der Waals surface area contributed by atoms with E-state index in [4.69, 9.17) is 5.14 Å². The van der Waals surface area contributed by atoms with Crippen LogP contribution in [0, 0.1) is 0 Å². The number of nitrogens with one attached hydrogen (secondary N) is 1. The van der Waals surface area contributed by atoms with Crippen molar-refractivity contribution < 1.29 is 8.42 Å². The van der Waals surface area contributed by atoms with Crippen LogP contribution in [0.4, 0.5) is 0 Å². The molecule has 1 aromatic carbocycles. The van der Waals surface area contributed by atoms with Crippen LogP contribution in [-0.4, -0.2) is 38.4 Å². The molecule has 0 atom stereocenters. The summed E-state index contributed by atoms with van der Waals surface area (Å²) in [6.07, 6.45) is 4.35. The number of hydrogen-bond donors (Lipinski definition) is 2. The van der Waals surface area contributed by atoms with Gasteiger partial charge < -0.3 is 9.88 Å². The Morgan fingerprint density at radius 3 is 2.64 bits per heavy atom. The number of hydrogen-bond acceptors (Lipinski definition) is 3. The van der Waals surface area contributed by atoms with Gasteiger partial charge in [0.2, 0.25) is 10.0 Å². The highest BCUT2D eigenvalue weighted by Crippen LogP contribution is 2.33. The fourth-order valence-electron chi connectivity index (χ4n) is 3.17. The summed E-state index contributed by atoms with van der Waals surface area (Å²) in [4.78, 5) is 5.64. The molecule has 1 saturated heterocycles. The predicted octanol–water partition coefficient (Wildman–Crippen LogP) is 2.19. The Kier molecular flexibility index (Phi) is 5.17. The van der Waals surface area contributed by atoms with Crippen LogP contribution in [-0.2, 0) is 15.8 Å². The average Bonchev–Trinajstić information content (AvgIpc) is 2.81. The molecular formula is C15H22ClN3O2S. The molecule has 1 aromatic heterocycles. The SMILES string of the molecule is CN1CCC(c2c[nH]c3ccc(CS(N)(=O)=O)cc23)CC1.Cl. The Bertz CT molecular complexity index is 749. The van der Waals surface area contributed by atoms with Gasteiger partial charge in [-0.2, -0.15) is 0 Å². The number of aromatic nitrogens is 1. The summed E-state index contributed by atoms with van der Waals surface area (Å²) in [5.41, 5.74) is 3.11. The summed E-state index contributed by atoms with van der Waals surface area (Å²) in [5, 5.41) is 6.27. The highest BCUT2D eigenvalue weighted by Gasteiger charge is 2.21. The van der Waals surface area contributed by atoms with E-state index < -0.39 is 10.0 Å². The normalized spacial score (nSPS) is 17.5. The molecule has 0 amide bonds. The number of rotatable bonds is 3. The minimum Gasteiger partial charge on any atom is -0.361 e. The molecule has 5 nitrogen and oxygen atoms in total. The second kappa shape index (κ2) is 6.58. The van der Waals surface area contributed by atoms with Gasteiger partial charge in [0.1, 0.15) is 0 Å². The number of nitrogens with two attached hydrogens (primary N) is 1. The summed E-state index contributed by atoms with van der Waals surface area (Å²) in [5.74, 6) is 0.431. The molecule has 0 spiro atoms. The molecule has 122 valence electrons. The smallest absolute Gasteiger partial charge is 0.213 e. The minimum absolute atomic E-state index is 0. The third-order valence-corrected chi connectivity index (χ3v) is 5.04. The van der Waals surface area contributed by atoms with Crippen molar-refractivity contribution in [2.24, 2.45) is 5.14 Å². The first-order chi connectivity index (χ1) is 9.92. The van der Waals surface area contributed by atoms with Gasteiger partial charge in [-0.1, -0.05) is 6.07 Å². The van der Waals surface area contributed by atoms with Crippen molar-refractivity contribution in [3.8, 4) is 0 Å². The van der Waals surface area contributed by atoms with Crippen molar-refractivity contribution >= 4 is 33.3 Å². The molecule has 3 rings (SSSR count). The lowest BCUT2D eigenvalue weighted by atomic mass is 9.89. The van der Waals surface area contributed by atoms with Gasteiger partial charge in [-0.15, -0.1) is 12.4 Å². The minimum atomic E-state index is -3.49. The van der Waals surface area contributed by atoms with E-state index in [1.54, 1.807) is 0 Å². The van der Waals surface area contributed by atoms with E-state index in [0.29, 0.717) is 5.92 Å². The van der Waals surface area contributed by atoms with Crippen LogP contribution >= 0.6 is 12.4 Å². The molecular weight excluding hydrogens is 322 g/mol. The summed E-state index contributed by atoms with van der Waals surface area (Å²) in [6.45, 7) is 2.21. The number of likely N-dealkylation sites (tertiary alicyclic amines) is 1. The lowest BCUT2D eigenvalue weighted by Gasteiger charge is -2.28. The molecule has 2 heterocycles. The van der Waals surface area contributed by atoms with E-state index in [9.17, 15) is 8.42 Å². The van der Waals surface area contributed by atoms with Gasteiger partial charge in [-0.05, 0) is 62.2 Å². The van der Waals surface area contributed by atoms with Crippen molar-refractivity contribution in [1.82, 2.24) is 9.88 Å². The fraction of sp³-hybridized carbons (Fsp3) is 0.467. The molecule has 2 aromatic rings. The van der Waals surface area contributed by atoms with Crippen LogP contribution in [0.1, 0.15) is 29.9 Å². The van der Waals surface area contributed by atoms with Crippen LogP contribution in [0.2, 0.25) is 0 Å². The van der Waals surface area contributed by atoms with Crippen molar-refractivity contribution in [2.75, 3.05) is 20.1 Å². The number of benzene rings is 1. The molecule has 1 aliphatic heterocycles. The lowest BCUT2D eigenvalue weighted by Crippen LogP contribution is -2.29. The van der Waals surface area contributed by atoms with E-state index in [1.165, 1.54) is 5.56 Å². The summed E-state index contributed by atoms with van der Waals surface area (Å²) < 4.78 is 22.5. The molecule has 0 radical (unpaired) electrons. The summed E-state index contributed by atoms with van der Waals surface area (Å²) in [7, 11) is -1.34. The molecule has 1 aliphatic rings. The number of piperidine rings is 1. The lowest BCUT2D eigenvalue weighted by molar-refractivity contribution is 0.256. The number of halogens is 1. The summed E-state index contributed by atoms with van der Waals surface area (Å²) >= 11 is 0. The second-order valence-corrected chi connectivity index (χ2v) is 7.62. The number of sulfonamides is 1. The van der Waals surface area contributed by atoms with Gasteiger partial charge >= 0.3 is 0 Å². The maximum atomic E-state index is 11.3. The maximum Gasteiger partial charge on any atom is 0.213 e. The fourth-order valence-corrected chi connectivity index (χ4v) is 3.81. The quantitative estimate of drug-likeness (QED) is 0.896. The Morgan fingerprint density at radius 1 is 1.32 bits per heavy atom. The number of aromatic amines is 1. The molecule has 7 heteroatoms. The Balaban J connectivity index is 0.00000176. The number of primary sulfonamides is 1. The molecule has 0 saturated carbocycles. The van der Waals surface area contributed by atoms with Crippen LogP contribution in [0.3, 0.4) is 0 Å². The van der Waals surface area contributed by atoms with Crippen molar-refractivity contribution in [3.05, 3.63) is 35.5 Å². The Labute approximate surface area is 137 Å². The highest BCUT2D eigenvalue weighted by molar-refractivity contribution is 7.88. The predicted molar refractivity (Wildman–Crippen MR) is 91.8 cm³/mol. The van der Waals surface area contributed by atoms with Crippen LogP contribution in [0.15, 0.2) is 24.4 Å². The summed E-state index contributed by atoms with van der Waals surface area (Å²) in [6, 6.07) is 5.72. The first kappa shape index (κ1) is 17.3. The third kappa shape index (κ3) is 3.81. The van der Waals surface area contributed by atoms with E-state index in [-0.39, 0.29) is 18.2 Å². The monoisotopic (exact) mass is 343 g/mol. The molecule has 1 fully saturated rings. The number of H-pyrrole nitrogens is 1. The Hall–Kier alpha value is -1.08. The van der Waals surface area contributed by atoms with Gasteiger partial charge in [0.25, 0.3) is 0 Å². The van der Waals surface area contributed by atoms with E-state index in [0.717, 1.165) is 42.4 Å². The van der Waals surface area contributed by atoms with Crippen molar-refractivity contribution in [1.29, 1.82) is 0 Å². The van der Waals surface area contributed by atoms with Gasteiger partial charge in [0.15, 0.2) is 0 Å².